The van der Waals surface area contributed by atoms with Gasteiger partial charge in [0, 0.05) is 44.9 Å². The van der Waals surface area contributed by atoms with Crippen molar-refractivity contribution in [2.45, 2.75) is 70.3 Å². The van der Waals surface area contributed by atoms with Gasteiger partial charge < -0.3 is 9.47 Å². The van der Waals surface area contributed by atoms with Crippen molar-refractivity contribution < 1.29 is 9.47 Å². The average molecular weight is 423 g/mol. The first kappa shape index (κ1) is 22.3. The van der Waals surface area contributed by atoms with E-state index in [0.29, 0.717) is 18.2 Å². The van der Waals surface area contributed by atoms with Gasteiger partial charge >= 0.3 is 0 Å². The van der Waals surface area contributed by atoms with Crippen molar-refractivity contribution >= 4 is 0 Å². The summed E-state index contributed by atoms with van der Waals surface area (Å²) in [6, 6.07) is 20.6. The van der Waals surface area contributed by atoms with Crippen molar-refractivity contribution in [3.8, 4) is 5.75 Å². The average Bonchev–Trinajstić information content (AvgIpc) is 2.79. The van der Waals surface area contributed by atoms with E-state index < -0.39 is 0 Å². The van der Waals surface area contributed by atoms with Crippen LogP contribution in [-0.2, 0) is 17.8 Å². The Bertz CT molecular complexity index is 780. The number of unbranched alkanes of at least 4 members (excludes halogenated alkanes) is 1. The lowest BCUT2D eigenvalue weighted by atomic mass is 9.90. The maximum absolute atomic E-state index is 6.50. The number of hydrogen-bond donors (Lipinski definition) is 0. The number of benzene rings is 2. The molecule has 0 aliphatic carbocycles. The SMILES string of the molecule is CCCCO[C@@H]1CCC[C@H]2CN(Cc3ccc(OC)cc3)[C@@H]1CN2Cc1ccccc1. The van der Waals surface area contributed by atoms with Crippen LogP contribution >= 0.6 is 0 Å². The molecule has 3 aliphatic rings. The minimum atomic E-state index is 0.323. The molecule has 5 rings (SSSR count). The van der Waals surface area contributed by atoms with Crippen molar-refractivity contribution in [1.82, 2.24) is 9.80 Å². The molecule has 2 aromatic rings. The lowest BCUT2D eigenvalue weighted by Gasteiger charge is -2.51. The molecule has 31 heavy (non-hydrogen) atoms. The van der Waals surface area contributed by atoms with E-state index in [4.69, 9.17) is 9.47 Å². The third-order valence-corrected chi connectivity index (χ3v) is 6.91. The molecular weight excluding hydrogens is 384 g/mol. The van der Waals surface area contributed by atoms with Gasteiger partial charge in [-0.15, -0.1) is 0 Å². The third-order valence-electron chi connectivity index (χ3n) is 6.91. The molecule has 2 aromatic carbocycles. The van der Waals surface area contributed by atoms with Gasteiger partial charge in [-0.1, -0.05) is 55.8 Å². The van der Waals surface area contributed by atoms with E-state index in [9.17, 15) is 0 Å². The van der Waals surface area contributed by atoms with Gasteiger partial charge in [0.2, 0.25) is 0 Å². The van der Waals surface area contributed by atoms with Crippen LogP contribution in [0.4, 0.5) is 0 Å². The van der Waals surface area contributed by atoms with Crippen LogP contribution in [0.25, 0.3) is 0 Å². The second kappa shape index (κ2) is 11.1. The Morgan fingerprint density at radius 1 is 0.871 bits per heavy atom. The molecule has 4 heteroatoms. The highest BCUT2D eigenvalue weighted by Crippen LogP contribution is 2.31. The highest BCUT2D eigenvalue weighted by molar-refractivity contribution is 5.27. The molecule has 2 bridgehead atoms. The number of hydrogen-bond acceptors (Lipinski definition) is 4. The van der Waals surface area contributed by atoms with Gasteiger partial charge in [-0.05, 0) is 48.9 Å². The van der Waals surface area contributed by atoms with Crippen LogP contribution in [0.2, 0.25) is 0 Å². The second-order valence-electron chi connectivity index (χ2n) is 9.11. The lowest BCUT2D eigenvalue weighted by Crippen LogP contribution is -2.62. The molecule has 0 aromatic heterocycles. The minimum Gasteiger partial charge on any atom is -0.497 e. The van der Waals surface area contributed by atoms with Crippen LogP contribution in [0.15, 0.2) is 54.6 Å². The van der Waals surface area contributed by atoms with Crippen LogP contribution < -0.4 is 4.74 Å². The number of rotatable bonds is 9. The summed E-state index contributed by atoms with van der Waals surface area (Å²) in [7, 11) is 1.73. The Morgan fingerprint density at radius 2 is 1.61 bits per heavy atom. The van der Waals surface area contributed by atoms with Gasteiger partial charge in [0.15, 0.2) is 0 Å². The normalized spacial score (nSPS) is 24.6. The zero-order valence-corrected chi connectivity index (χ0v) is 19.2. The standard InChI is InChI=1S/C27H38N2O2/c1-3-4-17-31-27-12-8-11-24-20-29(19-23-13-15-25(30-2)16-14-23)26(27)21-28(24)18-22-9-6-5-7-10-22/h5-7,9-10,13-16,24,26-27H,3-4,8,11-12,17-21H2,1-2H3/t24-,26+,27+/m0/s1. The van der Waals surface area contributed by atoms with Gasteiger partial charge in [0.1, 0.15) is 5.75 Å². The van der Waals surface area contributed by atoms with Gasteiger partial charge in [0.05, 0.1) is 13.2 Å². The summed E-state index contributed by atoms with van der Waals surface area (Å²) in [4.78, 5) is 5.42. The summed E-state index contributed by atoms with van der Waals surface area (Å²) in [6.07, 6.45) is 6.37. The van der Waals surface area contributed by atoms with Crippen molar-refractivity contribution in [3.05, 3.63) is 65.7 Å². The second-order valence-corrected chi connectivity index (χ2v) is 9.11. The largest absolute Gasteiger partial charge is 0.497 e. The van der Waals surface area contributed by atoms with Crippen molar-refractivity contribution in [2.75, 3.05) is 26.8 Å². The van der Waals surface area contributed by atoms with Gasteiger partial charge in [0.25, 0.3) is 0 Å². The number of nitrogens with zero attached hydrogens (tertiary/aromatic N) is 2. The molecule has 0 amide bonds. The smallest absolute Gasteiger partial charge is 0.118 e. The summed E-state index contributed by atoms with van der Waals surface area (Å²) < 4.78 is 11.8. The number of piperazine rings is 1. The molecule has 3 fully saturated rings. The van der Waals surface area contributed by atoms with Crippen molar-refractivity contribution in [2.24, 2.45) is 0 Å². The van der Waals surface area contributed by atoms with E-state index >= 15 is 0 Å². The van der Waals surface area contributed by atoms with E-state index in [1.807, 2.05) is 0 Å². The molecule has 0 saturated carbocycles. The van der Waals surface area contributed by atoms with Gasteiger partial charge in [-0.3, -0.25) is 9.80 Å². The molecule has 0 radical (unpaired) electrons. The summed E-state index contributed by atoms with van der Waals surface area (Å²) in [5, 5.41) is 0. The first-order valence-electron chi connectivity index (χ1n) is 12.0. The zero-order chi connectivity index (χ0) is 21.5. The molecular formula is C27H38N2O2. The first-order valence-corrected chi connectivity index (χ1v) is 12.0. The van der Waals surface area contributed by atoms with Crippen molar-refractivity contribution in [3.63, 3.8) is 0 Å². The van der Waals surface area contributed by atoms with Crippen molar-refractivity contribution in [1.29, 1.82) is 0 Å². The van der Waals surface area contributed by atoms with Crippen LogP contribution in [0.3, 0.4) is 0 Å². The first-order chi connectivity index (χ1) is 15.3. The molecule has 0 unspecified atom stereocenters. The Hall–Kier alpha value is -1.88. The molecule has 3 aliphatic heterocycles. The van der Waals surface area contributed by atoms with E-state index in [2.05, 4.69) is 71.3 Å². The number of methoxy groups -OCH3 is 1. The Balaban J connectivity index is 1.51. The monoisotopic (exact) mass is 422 g/mol. The van der Waals surface area contributed by atoms with E-state index in [1.165, 1.54) is 36.8 Å². The minimum absolute atomic E-state index is 0.323. The van der Waals surface area contributed by atoms with Crippen LogP contribution in [0.5, 0.6) is 5.75 Å². The molecule has 0 spiro atoms. The molecule has 4 nitrogen and oxygen atoms in total. The summed E-state index contributed by atoms with van der Waals surface area (Å²) in [5.41, 5.74) is 2.77. The Morgan fingerprint density at radius 3 is 2.35 bits per heavy atom. The third kappa shape index (κ3) is 5.88. The van der Waals surface area contributed by atoms with Crippen LogP contribution in [0.1, 0.15) is 50.2 Å². The summed E-state index contributed by atoms with van der Waals surface area (Å²) in [6.45, 7) is 7.36. The predicted octanol–water partition coefficient (Wildman–Crippen LogP) is 5.12. The van der Waals surface area contributed by atoms with Gasteiger partial charge in [-0.2, -0.15) is 0 Å². The predicted molar refractivity (Wildman–Crippen MR) is 126 cm³/mol. The number of fused-ring (bicyclic) bond motifs is 5. The van der Waals surface area contributed by atoms with Crippen LogP contribution in [0, 0.1) is 0 Å². The van der Waals surface area contributed by atoms with E-state index in [0.717, 1.165) is 45.0 Å². The fourth-order valence-electron chi connectivity index (χ4n) is 5.13. The Labute approximate surface area is 188 Å². The van der Waals surface area contributed by atoms with Gasteiger partial charge in [-0.25, -0.2) is 0 Å². The van der Waals surface area contributed by atoms with E-state index in [-0.39, 0.29) is 0 Å². The maximum Gasteiger partial charge on any atom is 0.118 e. The topological polar surface area (TPSA) is 24.9 Å². The molecule has 3 saturated heterocycles. The molecule has 3 heterocycles. The van der Waals surface area contributed by atoms with E-state index in [1.54, 1.807) is 7.11 Å². The van der Waals surface area contributed by atoms with Crippen LogP contribution in [-0.4, -0.2) is 54.8 Å². The fraction of sp³-hybridized carbons (Fsp3) is 0.556. The lowest BCUT2D eigenvalue weighted by molar-refractivity contribution is -0.0864. The summed E-state index contributed by atoms with van der Waals surface area (Å²) >= 11 is 0. The quantitative estimate of drug-likeness (QED) is 0.524. The maximum atomic E-state index is 6.50. The highest BCUT2D eigenvalue weighted by Gasteiger charge is 2.40. The molecule has 0 N–H and O–H groups in total. The Kier molecular flexibility index (Phi) is 8.01. The highest BCUT2D eigenvalue weighted by atomic mass is 16.5. The number of ether oxygens (including phenoxy) is 2. The molecule has 168 valence electrons. The zero-order valence-electron chi connectivity index (χ0n) is 19.2. The fourth-order valence-corrected chi connectivity index (χ4v) is 5.13. The summed E-state index contributed by atoms with van der Waals surface area (Å²) in [5.74, 6) is 0.924. The molecule has 3 atom stereocenters.